The average Bonchev–Trinajstić information content (AvgIpc) is 2.44. The molecule has 0 aromatic rings. The third-order valence-electron chi connectivity index (χ3n) is 3.31. The first kappa shape index (κ1) is 27.9. The SMILES string of the molecule is CC(C)CCCCCOOP(=O)([O-])OOCCCCCC(C)C.[K+]. The summed E-state index contributed by atoms with van der Waals surface area (Å²) in [5, 5.41) is 0. The topological polar surface area (TPSA) is 77.1 Å². The van der Waals surface area contributed by atoms with E-state index in [-0.39, 0.29) is 64.6 Å². The van der Waals surface area contributed by atoms with Crippen LogP contribution in [0.4, 0.5) is 0 Å². The Balaban J connectivity index is 0. The third kappa shape index (κ3) is 21.7. The van der Waals surface area contributed by atoms with Crippen LogP contribution in [0.15, 0.2) is 0 Å². The van der Waals surface area contributed by atoms with E-state index in [1.807, 2.05) is 0 Å². The first-order chi connectivity index (χ1) is 10.8. The molecule has 0 atom stereocenters. The van der Waals surface area contributed by atoms with Crippen molar-refractivity contribution in [3.05, 3.63) is 0 Å². The maximum absolute atomic E-state index is 11.3. The van der Waals surface area contributed by atoms with Crippen molar-refractivity contribution in [2.45, 2.75) is 79.1 Å². The molecule has 8 heteroatoms. The number of hydrogen-bond donors (Lipinski definition) is 0. The summed E-state index contributed by atoms with van der Waals surface area (Å²) in [5.41, 5.74) is 0. The van der Waals surface area contributed by atoms with Crippen molar-refractivity contribution in [2.24, 2.45) is 11.8 Å². The molecule has 0 aromatic carbocycles. The largest absolute Gasteiger partial charge is 1.00 e. The molecular weight excluding hydrogens is 358 g/mol. The van der Waals surface area contributed by atoms with Crippen molar-refractivity contribution in [3.8, 4) is 0 Å². The van der Waals surface area contributed by atoms with Gasteiger partial charge in [0, 0.05) is 0 Å². The molecule has 0 amide bonds. The fraction of sp³-hybridized carbons (Fsp3) is 1.00. The summed E-state index contributed by atoms with van der Waals surface area (Å²) >= 11 is 0. The van der Waals surface area contributed by atoms with Crippen LogP contribution >= 0.6 is 7.82 Å². The van der Waals surface area contributed by atoms with Crippen molar-refractivity contribution < 1.29 is 80.0 Å². The van der Waals surface area contributed by atoms with Crippen LogP contribution < -0.4 is 56.3 Å². The van der Waals surface area contributed by atoms with Crippen LogP contribution in [-0.4, -0.2) is 13.2 Å². The third-order valence-corrected chi connectivity index (χ3v) is 3.88. The normalized spacial score (nSPS) is 12.0. The van der Waals surface area contributed by atoms with Crippen LogP contribution in [0.2, 0.25) is 0 Å². The van der Waals surface area contributed by atoms with Gasteiger partial charge in [0.15, 0.2) is 0 Å². The molecule has 0 heterocycles. The fourth-order valence-corrected chi connectivity index (χ4v) is 2.43. The van der Waals surface area contributed by atoms with E-state index in [4.69, 9.17) is 0 Å². The van der Waals surface area contributed by atoms with Gasteiger partial charge in [-0.05, 0) is 24.7 Å². The number of phosphoric acid groups is 1. The van der Waals surface area contributed by atoms with Gasteiger partial charge in [-0.15, -0.1) is 0 Å². The number of unbranched alkanes of at least 4 members (excludes halogenated alkanes) is 4. The molecule has 0 rings (SSSR count). The molecule has 0 unspecified atom stereocenters. The molecule has 24 heavy (non-hydrogen) atoms. The van der Waals surface area contributed by atoms with Gasteiger partial charge in [-0.2, -0.15) is 9.35 Å². The predicted octanol–water partition coefficient (Wildman–Crippen LogP) is 1.79. The molecule has 0 saturated carbocycles. The molecule has 0 N–H and O–H groups in total. The maximum atomic E-state index is 11.3. The van der Waals surface area contributed by atoms with E-state index in [9.17, 15) is 9.46 Å². The Labute approximate surface area is 190 Å². The first-order valence-electron chi connectivity index (χ1n) is 8.77. The van der Waals surface area contributed by atoms with Crippen LogP contribution in [-0.2, 0) is 23.7 Å². The molecule has 0 spiro atoms. The minimum absolute atomic E-state index is 0. The smallest absolute Gasteiger partial charge is 0.753 e. The van der Waals surface area contributed by atoms with Crippen LogP contribution in [0, 0.1) is 11.8 Å². The second-order valence-electron chi connectivity index (χ2n) is 6.73. The standard InChI is InChI=1S/C16H35O6P.K/c1-15(2)11-7-5-9-13-19-21-23(17,18)22-20-14-10-6-8-12-16(3)4;/h15-16H,5-14H2,1-4H3,(H,17,18);/q;+1/p-1. The molecule has 0 aliphatic carbocycles. The molecule has 140 valence electrons. The van der Waals surface area contributed by atoms with Crippen LogP contribution in [0.25, 0.3) is 0 Å². The Morgan fingerprint density at radius 3 is 1.46 bits per heavy atom. The van der Waals surface area contributed by atoms with Gasteiger partial charge in [-0.3, -0.25) is 4.57 Å². The molecule has 0 saturated heterocycles. The van der Waals surface area contributed by atoms with Gasteiger partial charge in [-0.1, -0.05) is 66.2 Å². The zero-order chi connectivity index (χ0) is 17.6. The van der Waals surface area contributed by atoms with Crippen molar-refractivity contribution in [2.75, 3.05) is 13.2 Å². The van der Waals surface area contributed by atoms with Gasteiger partial charge in [0.2, 0.25) is 0 Å². The van der Waals surface area contributed by atoms with Gasteiger partial charge in [-0.25, -0.2) is 9.78 Å². The van der Waals surface area contributed by atoms with E-state index in [1.54, 1.807) is 0 Å². The van der Waals surface area contributed by atoms with Gasteiger partial charge < -0.3 is 4.89 Å². The molecule has 0 bridgehead atoms. The summed E-state index contributed by atoms with van der Waals surface area (Å²) in [7, 11) is -4.53. The van der Waals surface area contributed by atoms with Crippen molar-refractivity contribution in [1.82, 2.24) is 0 Å². The molecule has 0 fully saturated rings. The Kier molecular flexibility index (Phi) is 21.0. The molecular formula is C16H34KO6P. The minimum atomic E-state index is -4.53. The van der Waals surface area contributed by atoms with Crippen molar-refractivity contribution in [3.63, 3.8) is 0 Å². The second-order valence-corrected chi connectivity index (χ2v) is 7.92. The van der Waals surface area contributed by atoms with E-state index in [0.29, 0.717) is 11.8 Å². The summed E-state index contributed by atoms with van der Waals surface area (Å²) < 4.78 is 19.9. The van der Waals surface area contributed by atoms with E-state index in [0.717, 1.165) is 51.4 Å². The quantitative estimate of drug-likeness (QED) is 0.131. The Morgan fingerprint density at radius 1 is 0.750 bits per heavy atom. The van der Waals surface area contributed by atoms with Crippen molar-refractivity contribution >= 4 is 7.82 Å². The van der Waals surface area contributed by atoms with Gasteiger partial charge in [0.05, 0.1) is 13.2 Å². The van der Waals surface area contributed by atoms with E-state index in [1.165, 1.54) is 0 Å². The molecule has 0 aliphatic rings. The number of hydrogen-bond acceptors (Lipinski definition) is 6. The Bertz CT molecular complexity index is 289. The van der Waals surface area contributed by atoms with E-state index < -0.39 is 7.82 Å². The zero-order valence-corrected chi connectivity index (χ0v) is 20.1. The summed E-state index contributed by atoms with van der Waals surface area (Å²) in [6.45, 7) is 9.15. The first-order valence-corrected chi connectivity index (χ1v) is 10.2. The minimum Gasteiger partial charge on any atom is -0.753 e. The number of rotatable bonds is 16. The van der Waals surface area contributed by atoms with Gasteiger partial charge in [0.1, 0.15) is 0 Å². The maximum Gasteiger partial charge on any atom is 1.00 e. The Hall–Kier alpha value is 1.67. The zero-order valence-electron chi connectivity index (χ0n) is 16.1. The fourth-order valence-electron chi connectivity index (χ4n) is 2.00. The summed E-state index contributed by atoms with van der Waals surface area (Å²) in [6, 6.07) is 0. The molecule has 0 aliphatic heterocycles. The monoisotopic (exact) mass is 392 g/mol. The average molecular weight is 393 g/mol. The summed E-state index contributed by atoms with van der Waals surface area (Å²) in [4.78, 5) is 20.6. The molecule has 6 nitrogen and oxygen atoms in total. The van der Waals surface area contributed by atoms with Gasteiger partial charge >= 0.3 is 59.2 Å². The van der Waals surface area contributed by atoms with Crippen molar-refractivity contribution in [1.29, 1.82) is 0 Å². The van der Waals surface area contributed by atoms with Crippen LogP contribution in [0.3, 0.4) is 0 Å². The van der Waals surface area contributed by atoms with Gasteiger partial charge in [0.25, 0.3) is 0 Å². The molecule has 0 radical (unpaired) electrons. The predicted molar refractivity (Wildman–Crippen MR) is 88.3 cm³/mol. The summed E-state index contributed by atoms with van der Waals surface area (Å²) in [5.74, 6) is 1.37. The van der Waals surface area contributed by atoms with Crippen LogP contribution in [0.5, 0.6) is 0 Å². The summed E-state index contributed by atoms with van der Waals surface area (Å²) in [6.07, 6.45) is 8.01. The van der Waals surface area contributed by atoms with E-state index >= 15 is 0 Å². The molecule has 0 aromatic heterocycles. The van der Waals surface area contributed by atoms with Crippen LogP contribution in [0.1, 0.15) is 79.1 Å². The second kappa shape index (κ2) is 18.0. The van der Waals surface area contributed by atoms with E-state index in [2.05, 4.69) is 46.8 Å². The Morgan fingerprint density at radius 2 is 1.12 bits per heavy atom.